The van der Waals surface area contributed by atoms with Gasteiger partial charge in [0, 0.05) is 17.7 Å². The zero-order valence-electron chi connectivity index (χ0n) is 14.2. The number of rotatable bonds is 6. The molecule has 0 heterocycles. The molecule has 0 atom stereocenters. The van der Waals surface area contributed by atoms with Gasteiger partial charge in [0.2, 0.25) is 0 Å². The molecule has 6 heteroatoms. The van der Waals surface area contributed by atoms with E-state index in [9.17, 15) is 9.18 Å². The molecule has 3 nitrogen and oxygen atoms in total. The normalized spacial score (nSPS) is 10.5. The van der Waals surface area contributed by atoms with Crippen LogP contribution in [0.4, 0.5) is 10.1 Å². The molecule has 1 amide bonds. The van der Waals surface area contributed by atoms with Crippen molar-refractivity contribution in [2.45, 2.75) is 6.42 Å². The van der Waals surface area contributed by atoms with Gasteiger partial charge in [0.05, 0.1) is 16.1 Å². The maximum atomic E-state index is 13.2. The van der Waals surface area contributed by atoms with Crippen molar-refractivity contribution in [2.75, 3.05) is 11.9 Å². The molecule has 0 radical (unpaired) electrons. The van der Waals surface area contributed by atoms with Crippen LogP contribution in [0.5, 0.6) is 5.75 Å². The van der Waals surface area contributed by atoms with Crippen LogP contribution < -0.4 is 10.1 Å². The number of benzene rings is 3. The van der Waals surface area contributed by atoms with E-state index in [1.54, 1.807) is 18.2 Å². The molecule has 0 saturated heterocycles. The maximum absolute atomic E-state index is 13.2. The number of carbonyl (C=O) groups excluding carboxylic acids is 1. The number of amides is 1. The molecule has 0 aliphatic rings. The minimum absolute atomic E-state index is 0.0452. The Kier molecular flexibility index (Phi) is 6.48. The Bertz CT molecular complexity index is 950. The quantitative estimate of drug-likeness (QED) is 0.494. The number of carbonyl (C=O) groups is 1. The summed E-state index contributed by atoms with van der Waals surface area (Å²) in [5.74, 6) is -0.198. The van der Waals surface area contributed by atoms with Crippen LogP contribution in [0.1, 0.15) is 15.9 Å². The summed E-state index contributed by atoms with van der Waals surface area (Å²) in [7, 11) is 0. The Balaban J connectivity index is 1.61. The Morgan fingerprint density at radius 2 is 1.85 bits per heavy atom. The number of halogens is 3. The smallest absolute Gasteiger partial charge is 0.255 e. The first kappa shape index (κ1) is 19.4. The molecule has 138 valence electrons. The largest absolute Gasteiger partial charge is 0.492 e. The first-order valence-electron chi connectivity index (χ1n) is 8.25. The molecule has 1 N–H and O–H groups in total. The highest BCUT2D eigenvalue weighted by Crippen LogP contribution is 2.27. The average molecular weight is 449 g/mol. The summed E-state index contributed by atoms with van der Waals surface area (Å²) < 4.78 is 19.7. The average Bonchev–Trinajstić information content (AvgIpc) is 2.67. The van der Waals surface area contributed by atoms with E-state index in [-0.39, 0.29) is 10.9 Å². The van der Waals surface area contributed by atoms with Crippen molar-refractivity contribution in [3.05, 3.63) is 93.2 Å². The van der Waals surface area contributed by atoms with Gasteiger partial charge in [0.15, 0.2) is 0 Å². The summed E-state index contributed by atoms with van der Waals surface area (Å²) in [5.41, 5.74) is 2.06. The highest BCUT2D eigenvalue weighted by molar-refractivity contribution is 9.10. The second-order valence-corrected chi connectivity index (χ2v) is 7.07. The first-order chi connectivity index (χ1) is 13.0. The van der Waals surface area contributed by atoms with Crippen molar-refractivity contribution in [1.29, 1.82) is 0 Å². The molecular formula is C21H16BrClFNO2. The van der Waals surface area contributed by atoms with Crippen molar-refractivity contribution < 1.29 is 13.9 Å². The molecule has 3 rings (SSSR count). The van der Waals surface area contributed by atoms with Gasteiger partial charge in [-0.15, -0.1) is 0 Å². The van der Waals surface area contributed by atoms with Gasteiger partial charge >= 0.3 is 0 Å². The van der Waals surface area contributed by atoms with Gasteiger partial charge in [0.1, 0.15) is 11.6 Å². The highest BCUT2D eigenvalue weighted by Gasteiger charge is 2.11. The van der Waals surface area contributed by atoms with Crippen LogP contribution >= 0.6 is 27.5 Å². The van der Waals surface area contributed by atoms with Crippen LogP contribution in [0.15, 0.2) is 71.2 Å². The van der Waals surface area contributed by atoms with Gasteiger partial charge in [-0.2, -0.15) is 0 Å². The minimum atomic E-state index is -0.533. The van der Waals surface area contributed by atoms with E-state index < -0.39 is 5.82 Å². The SMILES string of the molecule is O=C(Nc1ccc(F)c(Cl)c1)c1ccc(OCCc2ccccc2)c(Br)c1. The zero-order valence-corrected chi connectivity index (χ0v) is 16.6. The topological polar surface area (TPSA) is 38.3 Å². The van der Waals surface area contributed by atoms with E-state index in [0.717, 1.165) is 6.42 Å². The molecule has 0 aliphatic heterocycles. The molecule has 27 heavy (non-hydrogen) atoms. The summed E-state index contributed by atoms with van der Waals surface area (Å²) in [4.78, 5) is 12.4. The lowest BCUT2D eigenvalue weighted by atomic mass is 10.1. The van der Waals surface area contributed by atoms with Crippen LogP contribution in [0, 0.1) is 5.82 Å². The van der Waals surface area contributed by atoms with E-state index in [4.69, 9.17) is 16.3 Å². The number of anilines is 1. The second kappa shape index (κ2) is 9.02. The van der Waals surface area contributed by atoms with Gasteiger partial charge < -0.3 is 10.1 Å². The van der Waals surface area contributed by atoms with Crippen LogP contribution in [0.2, 0.25) is 5.02 Å². The number of ether oxygens (including phenoxy) is 1. The van der Waals surface area contributed by atoms with Gasteiger partial charge in [-0.1, -0.05) is 41.9 Å². The lowest BCUT2D eigenvalue weighted by Crippen LogP contribution is -2.12. The maximum Gasteiger partial charge on any atom is 0.255 e. The van der Waals surface area contributed by atoms with Crippen molar-refractivity contribution in [3.63, 3.8) is 0 Å². The molecular weight excluding hydrogens is 433 g/mol. The number of hydrogen-bond donors (Lipinski definition) is 1. The Hall–Kier alpha value is -2.37. The van der Waals surface area contributed by atoms with Crippen molar-refractivity contribution in [2.24, 2.45) is 0 Å². The predicted octanol–water partition coefficient (Wildman–Crippen LogP) is 6.12. The molecule has 0 aromatic heterocycles. The highest BCUT2D eigenvalue weighted by atomic mass is 79.9. The van der Waals surface area contributed by atoms with Crippen LogP contribution in [0.25, 0.3) is 0 Å². The van der Waals surface area contributed by atoms with Crippen LogP contribution in [-0.2, 0) is 6.42 Å². The van der Waals surface area contributed by atoms with Crippen molar-refractivity contribution in [3.8, 4) is 5.75 Å². The van der Waals surface area contributed by atoms with Crippen LogP contribution in [0.3, 0.4) is 0 Å². The lowest BCUT2D eigenvalue weighted by molar-refractivity contribution is 0.102. The van der Waals surface area contributed by atoms with Gasteiger partial charge in [-0.25, -0.2) is 4.39 Å². The van der Waals surface area contributed by atoms with Gasteiger partial charge in [-0.3, -0.25) is 4.79 Å². The van der Waals surface area contributed by atoms with Crippen molar-refractivity contribution in [1.82, 2.24) is 0 Å². The Labute approximate surface area is 170 Å². The molecule has 0 unspecified atom stereocenters. The summed E-state index contributed by atoms with van der Waals surface area (Å²) in [6, 6.07) is 19.2. The van der Waals surface area contributed by atoms with Gasteiger partial charge in [0.25, 0.3) is 5.91 Å². The monoisotopic (exact) mass is 447 g/mol. The molecule has 0 saturated carbocycles. The molecule has 0 bridgehead atoms. The van der Waals surface area contributed by atoms with Crippen molar-refractivity contribution >= 4 is 39.1 Å². The third-order valence-corrected chi connectivity index (χ3v) is 4.77. The number of nitrogens with one attached hydrogen (secondary N) is 1. The van der Waals surface area contributed by atoms with E-state index in [1.165, 1.54) is 23.8 Å². The summed E-state index contributed by atoms with van der Waals surface area (Å²) >= 11 is 9.16. The van der Waals surface area contributed by atoms with Gasteiger partial charge in [-0.05, 0) is 57.9 Å². The Morgan fingerprint density at radius 3 is 2.56 bits per heavy atom. The zero-order chi connectivity index (χ0) is 19.2. The fourth-order valence-corrected chi connectivity index (χ4v) is 3.13. The fraction of sp³-hybridized carbons (Fsp3) is 0.0952. The first-order valence-corrected chi connectivity index (χ1v) is 9.43. The molecule has 0 spiro atoms. The van der Waals surface area contributed by atoms with E-state index in [0.29, 0.717) is 28.1 Å². The third-order valence-electron chi connectivity index (χ3n) is 3.86. The molecule has 3 aromatic rings. The predicted molar refractivity (Wildman–Crippen MR) is 109 cm³/mol. The van der Waals surface area contributed by atoms with Crippen LogP contribution in [-0.4, -0.2) is 12.5 Å². The minimum Gasteiger partial charge on any atom is -0.492 e. The fourth-order valence-electron chi connectivity index (χ4n) is 2.46. The molecule has 0 aliphatic carbocycles. The van der Waals surface area contributed by atoms with E-state index in [1.807, 2.05) is 30.3 Å². The summed E-state index contributed by atoms with van der Waals surface area (Å²) in [5, 5.41) is 2.64. The lowest BCUT2D eigenvalue weighted by Gasteiger charge is -2.10. The number of hydrogen-bond acceptors (Lipinski definition) is 2. The Morgan fingerprint density at radius 1 is 1.07 bits per heavy atom. The standard InChI is InChI=1S/C21H16BrClFNO2/c22-17-12-15(21(26)25-16-7-8-19(24)18(23)13-16)6-9-20(17)27-11-10-14-4-2-1-3-5-14/h1-9,12-13H,10-11H2,(H,25,26). The van der Waals surface area contributed by atoms with E-state index in [2.05, 4.69) is 21.2 Å². The molecule has 3 aromatic carbocycles. The molecule has 0 fully saturated rings. The third kappa shape index (κ3) is 5.31. The second-order valence-electron chi connectivity index (χ2n) is 5.81. The van der Waals surface area contributed by atoms with E-state index >= 15 is 0 Å². The summed E-state index contributed by atoms with van der Waals surface area (Å²) in [6.45, 7) is 0.530. The summed E-state index contributed by atoms with van der Waals surface area (Å²) in [6.07, 6.45) is 0.793.